The summed E-state index contributed by atoms with van der Waals surface area (Å²) in [6.07, 6.45) is 0. The highest BCUT2D eigenvalue weighted by Gasteiger charge is 2.08. The Morgan fingerprint density at radius 1 is 1.21 bits per heavy atom. The Bertz CT molecular complexity index is 544. The van der Waals surface area contributed by atoms with Gasteiger partial charge in [-0.15, -0.1) is 0 Å². The van der Waals surface area contributed by atoms with Crippen LogP contribution in [0.4, 0.5) is 5.69 Å². The summed E-state index contributed by atoms with van der Waals surface area (Å²) in [5.41, 5.74) is 4.20. The van der Waals surface area contributed by atoms with Crippen molar-refractivity contribution < 1.29 is 9.47 Å². The van der Waals surface area contributed by atoms with E-state index in [1.165, 1.54) is 5.56 Å². The van der Waals surface area contributed by atoms with Gasteiger partial charge in [0.25, 0.3) is 0 Å². The molecule has 102 valence electrons. The molecule has 0 atom stereocenters. The normalized spacial score (nSPS) is 10.3. The Kier molecular flexibility index (Phi) is 3.94. The number of ether oxygens (including phenoxy) is 2. The highest BCUT2D eigenvalue weighted by Crippen LogP contribution is 2.29. The van der Waals surface area contributed by atoms with Crippen molar-refractivity contribution in [3.63, 3.8) is 0 Å². The molecule has 19 heavy (non-hydrogen) atoms. The van der Waals surface area contributed by atoms with Crippen LogP contribution in [0.25, 0.3) is 0 Å². The van der Waals surface area contributed by atoms with Gasteiger partial charge in [0.05, 0.1) is 25.6 Å². The topological polar surface area (TPSA) is 59.2 Å². The summed E-state index contributed by atoms with van der Waals surface area (Å²) in [5, 5.41) is 10.5. The summed E-state index contributed by atoms with van der Waals surface area (Å²) in [6, 6.07) is 5.71. The van der Waals surface area contributed by atoms with Crippen LogP contribution in [0.15, 0.2) is 18.2 Å². The minimum absolute atomic E-state index is 0.705. The summed E-state index contributed by atoms with van der Waals surface area (Å²) in [6.45, 7) is 4.71. The molecule has 0 saturated heterocycles. The molecule has 0 radical (unpaired) electrons. The van der Waals surface area contributed by atoms with Crippen molar-refractivity contribution in [2.45, 2.75) is 20.4 Å². The van der Waals surface area contributed by atoms with Crippen molar-refractivity contribution in [3.05, 3.63) is 35.2 Å². The molecule has 0 bridgehead atoms. The lowest BCUT2D eigenvalue weighted by atomic mass is 10.2. The van der Waals surface area contributed by atoms with Crippen LogP contribution in [0.1, 0.15) is 17.0 Å². The standard InChI is InChI=1S/C14H19N3O2/c1-9-12(10(2)17-16-9)8-15-13-6-5-11(18-3)7-14(13)19-4/h5-7,15H,8H2,1-4H3,(H,16,17). The van der Waals surface area contributed by atoms with E-state index in [1.54, 1.807) is 14.2 Å². The van der Waals surface area contributed by atoms with Crippen molar-refractivity contribution in [2.24, 2.45) is 0 Å². The van der Waals surface area contributed by atoms with E-state index in [2.05, 4.69) is 15.5 Å². The Labute approximate surface area is 112 Å². The lowest BCUT2D eigenvalue weighted by Crippen LogP contribution is -2.03. The second kappa shape index (κ2) is 5.65. The molecule has 1 aromatic heterocycles. The van der Waals surface area contributed by atoms with Crippen LogP contribution in [0.5, 0.6) is 11.5 Å². The molecule has 2 rings (SSSR count). The lowest BCUT2D eigenvalue weighted by Gasteiger charge is -2.12. The average molecular weight is 261 g/mol. The highest BCUT2D eigenvalue weighted by atomic mass is 16.5. The summed E-state index contributed by atoms with van der Waals surface area (Å²) < 4.78 is 10.5. The van der Waals surface area contributed by atoms with Crippen LogP contribution in [-0.2, 0) is 6.54 Å². The van der Waals surface area contributed by atoms with Crippen LogP contribution in [0.3, 0.4) is 0 Å². The Morgan fingerprint density at radius 3 is 2.58 bits per heavy atom. The van der Waals surface area contributed by atoms with Gasteiger partial charge in [-0.1, -0.05) is 0 Å². The zero-order valence-corrected chi connectivity index (χ0v) is 11.7. The summed E-state index contributed by atoms with van der Waals surface area (Å²) in [5.74, 6) is 1.54. The van der Waals surface area contributed by atoms with Crippen molar-refractivity contribution >= 4 is 5.69 Å². The van der Waals surface area contributed by atoms with E-state index in [1.807, 2.05) is 32.0 Å². The van der Waals surface area contributed by atoms with Crippen LogP contribution >= 0.6 is 0 Å². The minimum atomic E-state index is 0.705. The first-order valence-electron chi connectivity index (χ1n) is 6.12. The van der Waals surface area contributed by atoms with Gasteiger partial charge in [0, 0.05) is 23.9 Å². The highest BCUT2D eigenvalue weighted by molar-refractivity contribution is 5.59. The van der Waals surface area contributed by atoms with Gasteiger partial charge in [0.2, 0.25) is 0 Å². The SMILES string of the molecule is COc1ccc(NCc2c(C)n[nH]c2C)c(OC)c1. The molecule has 0 aliphatic rings. The first-order valence-corrected chi connectivity index (χ1v) is 6.12. The number of hydrogen-bond donors (Lipinski definition) is 2. The van der Waals surface area contributed by atoms with E-state index in [-0.39, 0.29) is 0 Å². The van der Waals surface area contributed by atoms with Gasteiger partial charge in [0.15, 0.2) is 0 Å². The zero-order valence-electron chi connectivity index (χ0n) is 11.7. The predicted octanol–water partition coefficient (Wildman–Crippen LogP) is 2.66. The van der Waals surface area contributed by atoms with Crippen molar-refractivity contribution in [1.29, 1.82) is 0 Å². The summed E-state index contributed by atoms with van der Waals surface area (Å²) in [4.78, 5) is 0. The van der Waals surface area contributed by atoms with Crippen LogP contribution in [0.2, 0.25) is 0 Å². The number of benzene rings is 1. The van der Waals surface area contributed by atoms with Crippen molar-refractivity contribution in [1.82, 2.24) is 10.2 Å². The molecule has 1 aromatic carbocycles. The molecule has 0 saturated carbocycles. The van der Waals surface area contributed by atoms with Gasteiger partial charge >= 0.3 is 0 Å². The Morgan fingerprint density at radius 2 is 2.00 bits per heavy atom. The molecule has 0 aliphatic heterocycles. The first-order chi connectivity index (χ1) is 9.15. The molecule has 2 N–H and O–H groups in total. The predicted molar refractivity (Wildman–Crippen MR) is 74.9 cm³/mol. The number of methoxy groups -OCH3 is 2. The average Bonchev–Trinajstić information content (AvgIpc) is 2.75. The van der Waals surface area contributed by atoms with Gasteiger partial charge in [0.1, 0.15) is 11.5 Å². The lowest BCUT2D eigenvalue weighted by molar-refractivity contribution is 0.395. The van der Waals surface area contributed by atoms with E-state index in [4.69, 9.17) is 9.47 Å². The van der Waals surface area contributed by atoms with Gasteiger partial charge < -0.3 is 14.8 Å². The van der Waals surface area contributed by atoms with Gasteiger partial charge in [-0.05, 0) is 26.0 Å². The van der Waals surface area contributed by atoms with E-state index in [0.717, 1.165) is 28.6 Å². The quantitative estimate of drug-likeness (QED) is 0.868. The Hall–Kier alpha value is -2.17. The number of nitrogens with zero attached hydrogens (tertiary/aromatic N) is 1. The fourth-order valence-electron chi connectivity index (χ4n) is 1.96. The minimum Gasteiger partial charge on any atom is -0.497 e. The molecule has 5 heteroatoms. The van der Waals surface area contributed by atoms with Crippen molar-refractivity contribution in [2.75, 3.05) is 19.5 Å². The molecule has 0 unspecified atom stereocenters. The molecular weight excluding hydrogens is 242 g/mol. The number of aryl methyl sites for hydroxylation is 2. The van der Waals surface area contributed by atoms with Crippen LogP contribution in [0, 0.1) is 13.8 Å². The fraction of sp³-hybridized carbons (Fsp3) is 0.357. The number of anilines is 1. The summed E-state index contributed by atoms with van der Waals surface area (Å²) in [7, 11) is 3.29. The van der Waals surface area contributed by atoms with E-state index < -0.39 is 0 Å². The van der Waals surface area contributed by atoms with E-state index in [0.29, 0.717) is 6.54 Å². The molecule has 0 fully saturated rings. The second-order valence-corrected chi connectivity index (χ2v) is 4.33. The number of nitrogens with one attached hydrogen (secondary N) is 2. The maximum absolute atomic E-state index is 5.35. The zero-order chi connectivity index (χ0) is 13.8. The number of aromatic amines is 1. The summed E-state index contributed by atoms with van der Waals surface area (Å²) >= 11 is 0. The van der Waals surface area contributed by atoms with Gasteiger partial charge in [-0.25, -0.2) is 0 Å². The van der Waals surface area contributed by atoms with Crippen LogP contribution in [-0.4, -0.2) is 24.4 Å². The molecular formula is C14H19N3O2. The molecule has 2 aromatic rings. The molecule has 0 amide bonds. The number of aromatic nitrogens is 2. The third-order valence-corrected chi connectivity index (χ3v) is 3.15. The largest absolute Gasteiger partial charge is 0.497 e. The third kappa shape index (κ3) is 2.81. The maximum atomic E-state index is 5.35. The molecule has 5 nitrogen and oxygen atoms in total. The Balaban J connectivity index is 2.15. The smallest absolute Gasteiger partial charge is 0.145 e. The van der Waals surface area contributed by atoms with Crippen LogP contribution < -0.4 is 14.8 Å². The number of rotatable bonds is 5. The third-order valence-electron chi connectivity index (χ3n) is 3.15. The van der Waals surface area contributed by atoms with E-state index in [9.17, 15) is 0 Å². The molecule has 0 spiro atoms. The van der Waals surface area contributed by atoms with E-state index >= 15 is 0 Å². The van der Waals surface area contributed by atoms with Gasteiger partial charge in [-0.3, -0.25) is 5.10 Å². The molecule has 0 aliphatic carbocycles. The first kappa shape index (κ1) is 13.3. The second-order valence-electron chi connectivity index (χ2n) is 4.33. The monoisotopic (exact) mass is 261 g/mol. The fourth-order valence-corrected chi connectivity index (χ4v) is 1.96. The van der Waals surface area contributed by atoms with Gasteiger partial charge in [-0.2, -0.15) is 5.10 Å². The maximum Gasteiger partial charge on any atom is 0.145 e. The number of hydrogen-bond acceptors (Lipinski definition) is 4. The number of H-pyrrole nitrogens is 1. The molecule has 1 heterocycles. The van der Waals surface area contributed by atoms with Crippen molar-refractivity contribution in [3.8, 4) is 11.5 Å².